The molecule has 0 amide bonds. The van der Waals surface area contributed by atoms with E-state index in [4.69, 9.17) is 4.74 Å². The van der Waals surface area contributed by atoms with Gasteiger partial charge in [0.1, 0.15) is 11.9 Å². The molecular weight excluding hydrogens is 296 g/mol. The molecule has 1 N–H and O–H groups in total. The van der Waals surface area contributed by atoms with E-state index in [0.717, 1.165) is 5.39 Å². The number of methoxy groups -OCH3 is 1. The van der Waals surface area contributed by atoms with Gasteiger partial charge in [-0.15, -0.1) is 0 Å². The first kappa shape index (κ1) is 14.9. The Labute approximate surface area is 132 Å². The number of nitro groups is 1. The summed E-state index contributed by atoms with van der Waals surface area (Å²) in [4.78, 5) is 14.5. The minimum atomic E-state index is -0.894. The Morgan fingerprint density at radius 2 is 1.91 bits per heavy atom. The summed E-state index contributed by atoms with van der Waals surface area (Å²) in [6.07, 6.45) is 0.723. The van der Waals surface area contributed by atoms with Crippen molar-refractivity contribution in [1.82, 2.24) is 4.98 Å². The molecular formula is C17H14N2O4. The lowest BCUT2D eigenvalue weighted by molar-refractivity contribution is -0.384. The van der Waals surface area contributed by atoms with E-state index >= 15 is 0 Å². The summed E-state index contributed by atoms with van der Waals surface area (Å²) in [5, 5.41) is 22.1. The van der Waals surface area contributed by atoms with Gasteiger partial charge in [-0.25, -0.2) is 0 Å². The third kappa shape index (κ3) is 2.84. The van der Waals surface area contributed by atoms with Crippen molar-refractivity contribution in [2.45, 2.75) is 6.10 Å². The lowest BCUT2D eigenvalue weighted by Crippen LogP contribution is -2.01. The average molecular weight is 310 g/mol. The van der Waals surface area contributed by atoms with Crippen LogP contribution in [-0.4, -0.2) is 22.1 Å². The van der Waals surface area contributed by atoms with E-state index in [-0.39, 0.29) is 5.69 Å². The van der Waals surface area contributed by atoms with Crippen molar-refractivity contribution in [2.75, 3.05) is 7.11 Å². The highest BCUT2D eigenvalue weighted by Gasteiger charge is 2.15. The van der Waals surface area contributed by atoms with Crippen molar-refractivity contribution in [3.8, 4) is 5.75 Å². The summed E-state index contributed by atoms with van der Waals surface area (Å²) in [5.74, 6) is 0.687. The fourth-order valence-electron chi connectivity index (χ4n) is 2.47. The molecule has 116 valence electrons. The van der Waals surface area contributed by atoms with Crippen LogP contribution in [0.3, 0.4) is 0 Å². The number of non-ortho nitro benzene ring substituents is 1. The normalized spacial score (nSPS) is 12.1. The zero-order valence-electron chi connectivity index (χ0n) is 12.3. The first-order valence-corrected chi connectivity index (χ1v) is 6.95. The maximum atomic E-state index is 10.7. The molecule has 0 bridgehead atoms. The Kier molecular flexibility index (Phi) is 3.91. The van der Waals surface area contributed by atoms with Crippen molar-refractivity contribution in [2.24, 2.45) is 0 Å². The molecule has 0 radical (unpaired) electrons. The second kappa shape index (κ2) is 6.02. The van der Waals surface area contributed by atoms with Gasteiger partial charge < -0.3 is 9.84 Å². The average Bonchev–Trinajstić information content (AvgIpc) is 2.60. The Hall–Kier alpha value is -2.99. The number of hydrogen-bond acceptors (Lipinski definition) is 5. The Bertz CT molecular complexity index is 862. The van der Waals surface area contributed by atoms with Crippen molar-refractivity contribution in [3.63, 3.8) is 0 Å². The van der Waals surface area contributed by atoms with Crippen LogP contribution in [0.15, 0.2) is 54.7 Å². The standard InChI is InChI=1S/C17H14N2O4/c1-23-13-6-7-14-15(8-9-18-16(14)10-13)17(20)11-2-4-12(5-3-11)19(21)22/h2-10,17,20H,1H3. The molecule has 1 aromatic heterocycles. The fraction of sp³-hybridized carbons (Fsp3) is 0.118. The quantitative estimate of drug-likeness (QED) is 0.590. The summed E-state index contributed by atoms with van der Waals surface area (Å²) in [6, 6.07) is 13.0. The van der Waals surface area contributed by atoms with Crippen LogP contribution in [-0.2, 0) is 0 Å². The number of nitro benzene ring substituents is 1. The van der Waals surface area contributed by atoms with Gasteiger partial charge in [0.2, 0.25) is 0 Å². The molecule has 0 saturated carbocycles. The summed E-state index contributed by atoms with van der Waals surface area (Å²) < 4.78 is 5.18. The zero-order valence-corrected chi connectivity index (χ0v) is 12.3. The van der Waals surface area contributed by atoms with Crippen LogP contribution >= 0.6 is 0 Å². The third-order valence-corrected chi connectivity index (χ3v) is 3.70. The number of pyridine rings is 1. The van der Waals surface area contributed by atoms with Gasteiger partial charge >= 0.3 is 0 Å². The Balaban J connectivity index is 2.03. The topological polar surface area (TPSA) is 85.5 Å². The number of fused-ring (bicyclic) bond motifs is 1. The molecule has 0 fully saturated rings. The lowest BCUT2D eigenvalue weighted by Gasteiger charge is -2.14. The Morgan fingerprint density at radius 3 is 2.57 bits per heavy atom. The van der Waals surface area contributed by atoms with Crippen LogP contribution in [0.2, 0.25) is 0 Å². The second-order valence-corrected chi connectivity index (χ2v) is 5.03. The maximum absolute atomic E-state index is 10.7. The van der Waals surface area contributed by atoms with E-state index in [9.17, 15) is 15.2 Å². The molecule has 1 heterocycles. The number of aromatic nitrogens is 1. The number of aliphatic hydroxyl groups excluding tert-OH is 1. The molecule has 0 saturated heterocycles. The van der Waals surface area contributed by atoms with Gasteiger partial charge in [0.05, 0.1) is 17.5 Å². The third-order valence-electron chi connectivity index (χ3n) is 3.70. The van der Waals surface area contributed by atoms with Gasteiger partial charge in [-0.3, -0.25) is 15.1 Å². The van der Waals surface area contributed by atoms with E-state index < -0.39 is 11.0 Å². The molecule has 1 atom stereocenters. The molecule has 0 aliphatic heterocycles. The highest BCUT2D eigenvalue weighted by atomic mass is 16.6. The summed E-state index contributed by atoms with van der Waals surface area (Å²) >= 11 is 0. The van der Waals surface area contributed by atoms with E-state index in [0.29, 0.717) is 22.4 Å². The monoisotopic (exact) mass is 310 g/mol. The van der Waals surface area contributed by atoms with Gasteiger partial charge in [-0.1, -0.05) is 0 Å². The predicted octanol–water partition coefficient (Wildman–Crippen LogP) is 3.23. The summed E-state index contributed by atoms with van der Waals surface area (Å²) in [7, 11) is 1.58. The van der Waals surface area contributed by atoms with Crippen LogP contribution in [0.5, 0.6) is 5.75 Å². The van der Waals surface area contributed by atoms with Gasteiger partial charge in [0.25, 0.3) is 5.69 Å². The minimum absolute atomic E-state index is 0.00901. The molecule has 1 unspecified atom stereocenters. The number of rotatable bonds is 4. The van der Waals surface area contributed by atoms with E-state index in [1.165, 1.54) is 12.1 Å². The van der Waals surface area contributed by atoms with Gasteiger partial charge in [-0.2, -0.15) is 0 Å². The van der Waals surface area contributed by atoms with Crippen molar-refractivity contribution in [3.05, 3.63) is 76.0 Å². The van der Waals surface area contributed by atoms with Crippen LogP contribution in [0.1, 0.15) is 17.2 Å². The van der Waals surface area contributed by atoms with E-state index in [1.807, 2.05) is 6.07 Å². The summed E-state index contributed by atoms with van der Waals surface area (Å²) in [5.41, 5.74) is 1.97. The number of aliphatic hydroxyl groups is 1. The van der Waals surface area contributed by atoms with Gasteiger partial charge in [0, 0.05) is 29.8 Å². The molecule has 2 aromatic carbocycles. The van der Waals surface area contributed by atoms with E-state index in [2.05, 4.69) is 4.98 Å². The number of nitrogens with zero attached hydrogens (tertiary/aromatic N) is 2. The molecule has 6 heteroatoms. The highest BCUT2D eigenvalue weighted by molar-refractivity contribution is 5.84. The SMILES string of the molecule is COc1ccc2c(C(O)c3ccc([N+](=O)[O-])cc3)ccnc2c1. The van der Waals surface area contributed by atoms with Gasteiger partial charge in [0.15, 0.2) is 0 Å². The molecule has 0 aliphatic rings. The molecule has 23 heavy (non-hydrogen) atoms. The molecule has 0 spiro atoms. The summed E-state index contributed by atoms with van der Waals surface area (Å²) in [6.45, 7) is 0. The second-order valence-electron chi connectivity index (χ2n) is 5.03. The van der Waals surface area contributed by atoms with Crippen LogP contribution in [0.25, 0.3) is 10.9 Å². The van der Waals surface area contributed by atoms with Crippen molar-refractivity contribution in [1.29, 1.82) is 0 Å². The number of ether oxygens (including phenoxy) is 1. The largest absolute Gasteiger partial charge is 0.497 e. The number of hydrogen-bond donors (Lipinski definition) is 1. The molecule has 6 nitrogen and oxygen atoms in total. The van der Waals surface area contributed by atoms with Gasteiger partial charge in [-0.05, 0) is 41.5 Å². The highest BCUT2D eigenvalue weighted by Crippen LogP contribution is 2.30. The van der Waals surface area contributed by atoms with Crippen LogP contribution < -0.4 is 4.74 Å². The first-order valence-electron chi connectivity index (χ1n) is 6.95. The minimum Gasteiger partial charge on any atom is -0.497 e. The predicted molar refractivity (Wildman–Crippen MR) is 85.5 cm³/mol. The van der Waals surface area contributed by atoms with Crippen LogP contribution in [0.4, 0.5) is 5.69 Å². The fourth-order valence-corrected chi connectivity index (χ4v) is 2.47. The van der Waals surface area contributed by atoms with Crippen molar-refractivity contribution < 1.29 is 14.8 Å². The zero-order chi connectivity index (χ0) is 16.4. The first-order chi connectivity index (χ1) is 11.1. The smallest absolute Gasteiger partial charge is 0.269 e. The van der Waals surface area contributed by atoms with Crippen molar-refractivity contribution >= 4 is 16.6 Å². The molecule has 0 aliphatic carbocycles. The van der Waals surface area contributed by atoms with E-state index in [1.54, 1.807) is 43.6 Å². The maximum Gasteiger partial charge on any atom is 0.269 e. The lowest BCUT2D eigenvalue weighted by atomic mass is 9.98. The molecule has 3 aromatic rings. The molecule has 3 rings (SSSR count). The Morgan fingerprint density at radius 1 is 1.17 bits per heavy atom. The number of benzene rings is 2. The van der Waals surface area contributed by atoms with Crippen LogP contribution in [0, 0.1) is 10.1 Å².